The third-order valence-electron chi connectivity index (χ3n) is 6.74. The number of aromatic nitrogens is 3. The number of likely N-dealkylation sites (N-methyl/N-ethyl adjacent to an activating group) is 1. The lowest BCUT2D eigenvalue weighted by Crippen LogP contribution is -2.46. The number of anilines is 1. The molecule has 1 fully saturated rings. The average molecular weight is 461 g/mol. The van der Waals surface area contributed by atoms with Crippen molar-refractivity contribution < 1.29 is 9.53 Å². The number of carbonyl (C=O) groups excluding carboxylic acids is 1. The number of rotatable bonds is 4. The normalized spacial score (nSPS) is 18.4. The van der Waals surface area contributed by atoms with Gasteiger partial charge < -0.3 is 19.9 Å². The molecule has 1 N–H and O–H groups in total. The standard InChI is InChI=1S/C26H32N6O2/c1-17-8-9-22(18(2)14-17)32-28-19(3)25(29-32)26(33)27-20-15-21-23(6-5-7-24(21)34-16-20)31-12-10-30(4)11-13-31/h5-9,14,20H,10-13,15-16H2,1-4H3,(H,27,33)/t20-/m1/s1. The Morgan fingerprint density at radius 2 is 1.82 bits per heavy atom. The first-order chi connectivity index (χ1) is 16.4. The Morgan fingerprint density at radius 3 is 2.59 bits per heavy atom. The highest BCUT2D eigenvalue weighted by molar-refractivity contribution is 5.93. The Labute approximate surface area is 200 Å². The van der Waals surface area contributed by atoms with E-state index < -0.39 is 0 Å². The summed E-state index contributed by atoms with van der Waals surface area (Å²) in [6, 6.07) is 12.2. The van der Waals surface area contributed by atoms with Gasteiger partial charge in [-0.2, -0.15) is 9.90 Å². The summed E-state index contributed by atoms with van der Waals surface area (Å²) in [6.45, 7) is 10.4. The molecular weight excluding hydrogens is 428 g/mol. The molecule has 1 atom stereocenters. The number of ether oxygens (including phenoxy) is 1. The fourth-order valence-electron chi connectivity index (χ4n) is 4.81. The van der Waals surface area contributed by atoms with Gasteiger partial charge in [0.25, 0.3) is 5.91 Å². The summed E-state index contributed by atoms with van der Waals surface area (Å²) in [6.07, 6.45) is 0.730. The molecule has 178 valence electrons. The van der Waals surface area contributed by atoms with Crippen LogP contribution in [-0.2, 0) is 6.42 Å². The molecule has 2 aliphatic heterocycles. The summed E-state index contributed by atoms with van der Waals surface area (Å²) < 4.78 is 6.06. The summed E-state index contributed by atoms with van der Waals surface area (Å²) in [5.41, 5.74) is 6.44. The SMILES string of the molecule is Cc1ccc(-n2nc(C)c(C(=O)N[C@H]3COc4cccc(N5CCN(C)CC5)c4C3)n2)c(C)c1. The van der Waals surface area contributed by atoms with Gasteiger partial charge in [0.1, 0.15) is 12.4 Å². The molecule has 0 saturated carbocycles. The number of carbonyl (C=O) groups is 1. The second-order valence-corrected chi connectivity index (χ2v) is 9.44. The molecule has 0 spiro atoms. The number of nitrogens with zero attached hydrogens (tertiary/aromatic N) is 5. The van der Waals surface area contributed by atoms with Crippen LogP contribution in [0.3, 0.4) is 0 Å². The molecule has 0 radical (unpaired) electrons. The number of hydrogen-bond acceptors (Lipinski definition) is 6. The van der Waals surface area contributed by atoms with Crippen molar-refractivity contribution in [2.24, 2.45) is 0 Å². The lowest BCUT2D eigenvalue weighted by atomic mass is 9.99. The van der Waals surface area contributed by atoms with Crippen LogP contribution in [-0.4, -0.2) is 71.7 Å². The molecule has 0 unspecified atom stereocenters. The van der Waals surface area contributed by atoms with Crippen molar-refractivity contribution in [3.05, 3.63) is 64.5 Å². The first kappa shape index (κ1) is 22.4. The van der Waals surface area contributed by atoms with Crippen molar-refractivity contribution in [3.63, 3.8) is 0 Å². The van der Waals surface area contributed by atoms with Crippen LogP contribution in [0.5, 0.6) is 5.75 Å². The minimum atomic E-state index is -0.220. The van der Waals surface area contributed by atoms with Gasteiger partial charge in [0, 0.05) is 43.9 Å². The zero-order chi connectivity index (χ0) is 23.8. The van der Waals surface area contributed by atoms with Gasteiger partial charge in [-0.05, 0) is 51.6 Å². The minimum Gasteiger partial charge on any atom is -0.491 e. The van der Waals surface area contributed by atoms with Gasteiger partial charge in [0.05, 0.1) is 17.4 Å². The van der Waals surface area contributed by atoms with Crippen LogP contribution in [0.2, 0.25) is 0 Å². The molecule has 2 aliphatic rings. The first-order valence-corrected chi connectivity index (χ1v) is 11.9. The predicted molar refractivity (Wildman–Crippen MR) is 132 cm³/mol. The van der Waals surface area contributed by atoms with Crippen molar-refractivity contribution >= 4 is 11.6 Å². The highest BCUT2D eigenvalue weighted by Crippen LogP contribution is 2.34. The maximum absolute atomic E-state index is 13.2. The zero-order valence-electron chi connectivity index (χ0n) is 20.3. The number of fused-ring (bicyclic) bond motifs is 1. The van der Waals surface area contributed by atoms with E-state index in [9.17, 15) is 4.79 Å². The maximum atomic E-state index is 13.2. The third kappa shape index (κ3) is 4.37. The largest absolute Gasteiger partial charge is 0.491 e. The topological polar surface area (TPSA) is 75.5 Å². The summed E-state index contributed by atoms with van der Waals surface area (Å²) >= 11 is 0. The van der Waals surface area contributed by atoms with E-state index in [1.165, 1.54) is 16.8 Å². The van der Waals surface area contributed by atoms with Gasteiger partial charge in [-0.3, -0.25) is 4.79 Å². The van der Waals surface area contributed by atoms with E-state index in [4.69, 9.17) is 4.74 Å². The summed E-state index contributed by atoms with van der Waals surface area (Å²) in [5.74, 6) is 0.696. The minimum absolute atomic E-state index is 0.126. The number of benzene rings is 2. The Kier molecular flexibility index (Phi) is 6.00. The second kappa shape index (κ2) is 9.10. The Balaban J connectivity index is 1.32. The van der Waals surface area contributed by atoms with Crippen molar-refractivity contribution in [3.8, 4) is 11.4 Å². The van der Waals surface area contributed by atoms with Crippen molar-refractivity contribution in [1.29, 1.82) is 0 Å². The molecule has 0 bridgehead atoms. The highest BCUT2D eigenvalue weighted by atomic mass is 16.5. The van der Waals surface area contributed by atoms with E-state index in [-0.39, 0.29) is 11.9 Å². The smallest absolute Gasteiger partial charge is 0.274 e. The molecule has 3 heterocycles. The van der Waals surface area contributed by atoms with Crippen LogP contribution in [0.1, 0.15) is 32.9 Å². The van der Waals surface area contributed by atoms with Crippen LogP contribution in [0, 0.1) is 20.8 Å². The second-order valence-electron chi connectivity index (χ2n) is 9.44. The molecule has 0 aliphatic carbocycles. The average Bonchev–Trinajstić information content (AvgIpc) is 3.20. The van der Waals surface area contributed by atoms with E-state index in [2.05, 4.69) is 57.5 Å². The van der Waals surface area contributed by atoms with Gasteiger partial charge in [-0.15, -0.1) is 5.10 Å². The Hall–Kier alpha value is -3.39. The number of hydrogen-bond donors (Lipinski definition) is 1. The lowest BCUT2D eigenvalue weighted by molar-refractivity contribution is 0.0909. The molecule has 34 heavy (non-hydrogen) atoms. The number of nitrogens with one attached hydrogen (secondary N) is 1. The molecule has 3 aromatic rings. The van der Waals surface area contributed by atoms with Crippen LogP contribution >= 0.6 is 0 Å². The lowest BCUT2D eigenvalue weighted by Gasteiger charge is -2.37. The van der Waals surface area contributed by atoms with Crippen LogP contribution in [0.4, 0.5) is 5.69 Å². The Bertz CT molecular complexity index is 1210. The van der Waals surface area contributed by atoms with Gasteiger partial charge in [0.15, 0.2) is 5.69 Å². The molecule has 1 aromatic heterocycles. The monoisotopic (exact) mass is 460 g/mol. The molecule has 2 aromatic carbocycles. The molecule has 8 heteroatoms. The van der Waals surface area contributed by atoms with Crippen LogP contribution in [0.15, 0.2) is 36.4 Å². The van der Waals surface area contributed by atoms with E-state index in [0.717, 1.165) is 49.6 Å². The quantitative estimate of drug-likeness (QED) is 0.645. The fraction of sp³-hybridized carbons (Fsp3) is 0.423. The van der Waals surface area contributed by atoms with Crippen molar-refractivity contribution in [1.82, 2.24) is 25.2 Å². The highest BCUT2D eigenvalue weighted by Gasteiger charge is 2.28. The van der Waals surface area contributed by atoms with Crippen molar-refractivity contribution in [2.45, 2.75) is 33.2 Å². The van der Waals surface area contributed by atoms with E-state index in [1.54, 1.807) is 4.80 Å². The molecule has 1 saturated heterocycles. The molecule has 5 rings (SSSR count). The number of piperazine rings is 1. The van der Waals surface area contributed by atoms with E-state index in [0.29, 0.717) is 18.0 Å². The van der Waals surface area contributed by atoms with E-state index >= 15 is 0 Å². The van der Waals surface area contributed by atoms with Gasteiger partial charge in [-0.1, -0.05) is 23.8 Å². The summed E-state index contributed by atoms with van der Waals surface area (Å²) in [4.78, 5) is 19.5. The molecule has 1 amide bonds. The van der Waals surface area contributed by atoms with Gasteiger partial charge in [0.2, 0.25) is 0 Å². The van der Waals surface area contributed by atoms with Crippen LogP contribution < -0.4 is 15.0 Å². The van der Waals surface area contributed by atoms with Crippen molar-refractivity contribution in [2.75, 3.05) is 44.7 Å². The first-order valence-electron chi connectivity index (χ1n) is 11.9. The predicted octanol–water partition coefficient (Wildman–Crippen LogP) is 2.68. The third-order valence-corrected chi connectivity index (χ3v) is 6.74. The van der Waals surface area contributed by atoms with Crippen LogP contribution in [0.25, 0.3) is 5.69 Å². The number of amides is 1. The van der Waals surface area contributed by atoms with Gasteiger partial charge in [-0.25, -0.2) is 0 Å². The molecule has 8 nitrogen and oxygen atoms in total. The zero-order valence-corrected chi connectivity index (χ0v) is 20.3. The van der Waals surface area contributed by atoms with Gasteiger partial charge >= 0.3 is 0 Å². The molecular formula is C26H32N6O2. The fourth-order valence-corrected chi connectivity index (χ4v) is 4.81. The number of aryl methyl sites for hydroxylation is 3. The Morgan fingerprint density at radius 1 is 1.03 bits per heavy atom. The summed E-state index contributed by atoms with van der Waals surface area (Å²) in [7, 11) is 2.16. The summed E-state index contributed by atoms with van der Waals surface area (Å²) in [5, 5.41) is 12.2. The van der Waals surface area contributed by atoms with E-state index in [1.807, 2.05) is 32.0 Å². The maximum Gasteiger partial charge on any atom is 0.274 e.